The van der Waals surface area contributed by atoms with E-state index in [4.69, 9.17) is 5.26 Å². The van der Waals surface area contributed by atoms with Crippen molar-refractivity contribution < 1.29 is 0 Å². The summed E-state index contributed by atoms with van der Waals surface area (Å²) in [5.41, 5.74) is 2.62. The monoisotopic (exact) mass is 208 g/mol. The maximum atomic E-state index is 8.80. The molecule has 2 nitrogen and oxygen atoms in total. The topological polar surface area (TPSA) is 36.7 Å². The molecular formula is C14H12N2. The molecule has 0 unspecified atom stereocenters. The molecule has 0 N–H and O–H groups in total. The zero-order chi connectivity index (χ0) is 11.4. The maximum absolute atomic E-state index is 8.80. The molecule has 0 bridgehead atoms. The Hall–Kier alpha value is -2.14. The summed E-state index contributed by atoms with van der Waals surface area (Å²) in [6.45, 7) is 2.10. The van der Waals surface area contributed by atoms with Gasteiger partial charge in [0.2, 0.25) is 0 Å². The van der Waals surface area contributed by atoms with E-state index in [1.807, 2.05) is 30.3 Å². The lowest BCUT2D eigenvalue weighted by Gasteiger charge is -2.11. The molecule has 0 aliphatic carbocycles. The summed E-state index contributed by atoms with van der Waals surface area (Å²) in [4.78, 5) is 4.31. The molecule has 2 heteroatoms. The van der Waals surface area contributed by atoms with E-state index in [0.717, 1.165) is 5.69 Å². The number of rotatable bonds is 2. The Morgan fingerprint density at radius 3 is 2.50 bits per heavy atom. The average Bonchev–Trinajstić information content (AvgIpc) is 2.39. The Kier molecular flexibility index (Phi) is 2.98. The molecule has 1 aromatic heterocycles. The van der Waals surface area contributed by atoms with Gasteiger partial charge in [-0.3, -0.25) is 0 Å². The molecular weight excluding hydrogens is 196 g/mol. The van der Waals surface area contributed by atoms with Gasteiger partial charge in [0.25, 0.3) is 0 Å². The molecule has 0 aliphatic heterocycles. The van der Waals surface area contributed by atoms with Crippen molar-refractivity contribution >= 4 is 0 Å². The lowest BCUT2D eigenvalue weighted by molar-refractivity contribution is 0.868. The minimum atomic E-state index is 0.217. The highest BCUT2D eigenvalue weighted by molar-refractivity contribution is 5.30. The number of hydrogen-bond acceptors (Lipinski definition) is 2. The minimum Gasteiger partial charge on any atom is -0.242 e. The van der Waals surface area contributed by atoms with Gasteiger partial charge in [0.1, 0.15) is 11.8 Å². The van der Waals surface area contributed by atoms with Crippen LogP contribution in [0.5, 0.6) is 0 Å². The van der Waals surface area contributed by atoms with Crippen LogP contribution in [0, 0.1) is 11.3 Å². The van der Waals surface area contributed by atoms with Gasteiger partial charge >= 0.3 is 0 Å². The summed E-state index contributed by atoms with van der Waals surface area (Å²) in [6, 6.07) is 17.8. The fourth-order valence-corrected chi connectivity index (χ4v) is 1.67. The standard InChI is InChI=1S/C14H12N2/c1-11(12-6-3-2-4-7-12)14-9-5-8-13(10-15)16-14/h2-9,11H,1H3/t11-/m0/s1. The fourth-order valence-electron chi connectivity index (χ4n) is 1.67. The van der Waals surface area contributed by atoms with Crippen LogP contribution < -0.4 is 0 Å². The molecule has 0 saturated heterocycles. The highest BCUT2D eigenvalue weighted by atomic mass is 14.7. The van der Waals surface area contributed by atoms with E-state index in [-0.39, 0.29) is 5.92 Å². The van der Waals surface area contributed by atoms with Crippen molar-refractivity contribution in [1.29, 1.82) is 5.26 Å². The second-order valence-electron chi connectivity index (χ2n) is 3.69. The molecule has 0 spiro atoms. The molecule has 0 fully saturated rings. The van der Waals surface area contributed by atoms with Gasteiger partial charge in [-0.1, -0.05) is 43.3 Å². The van der Waals surface area contributed by atoms with Gasteiger partial charge in [-0.2, -0.15) is 5.26 Å². The van der Waals surface area contributed by atoms with Gasteiger partial charge in [-0.25, -0.2) is 4.98 Å². The first-order valence-electron chi connectivity index (χ1n) is 5.23. The molecule has 0 saturated carbocycles. The van der Waals surface area contributed by atoms with Gasteiger partial charge < -0.3 is 0 Å². The predicted molar refractivity (Wildman–Crippen MR) is 62.9 cm³/mol. The van der Waals surface area contributed by atoms with Crippen LogP contribution in [-0.4, -0.2) is 4.98 Å². The highest BCUT2D eigenvalue weighted by Gasteiger charge is 2.09. The lowest BCUT2D eigenvalue weighted by Crippen LogP contribution is -1.99. The van der Waals surface area contributed by atoms with Gasteiger partial charge in [-0.05, 0) is 17.7 Å². The normalized spacial score (nSPS) is 11.8. The molecule has 2 rings (SSSR count). The van der Waals surface area contributed by atoms with E-state index in [2.05, 4.69) is 30.1 Å². The molecule has 0 radical (unpaired) electrons. The van der Waals surface area contributed by atoms with Crippen LogP contribution in [0.4, 0.5) is 0 Å². The van der Waals surface area contributed by atoms with Crippen LogP contribution in [0.15, 0.2) is 48.5 Å². The lowest BCUT2D eigenvalue weighted by atomic mass is 9.97. The van der Waals surface area contributed by atoms with Gasteiger partial charge in [0.05, 0.1) is 0 Å². The first kappa shape index (κ1) is 10.4. The first-order chi connectivity index (χ1) is 7.81. The van der Waals surface area contributed by atoms with Crippen molar-refractivity contribution in [1.82, 2.24) is 4.98 Å². The number of hydrogen-bond donors (Lipinski definition) is 0. The number of aromatic nitrogens is 1. The van der Waals surface area contributed by atoms with Crippen LogP contribution in [0.25, 0.3) is 0 Å². The number of pyridine rings is 1. The number of nitrogens with zero attached hydrogens (tertiary/aromatic N) is 2. The highest BCUT2D eigenvalue weighted by Crippen LogP contribution is 2.21. The third-order valence-electron chi connectivity index (χ3n) is 2.63. The van der Waals surface area contributed by atoms with Gasteiger partial charge in [-0.15, -0.1) is 0 Å². The summed E-state index contributed by atoms with van der Waals surface area (Å²) in [5.74, 6) is 0.217. The Labute approximate surface area is 95.2 Å². The zero-order valence-electron chi connectivity index (χ0n) is 9.09. The van der Waals surface area contributed by atoms with E-state index in [0.29, 0.717) is 5.69 Å². The third kappa shape index (κ3) is 2.09. The van der Waals surface area contributed by atoms with Crippen molar-refractivity contribution in [2.24, 2.45) is 0 Å². The summed E-state index contributed by atoms with van der Waals surface area (Å²) >= 11 is 0. The van der Waals surface area contributed by atoms with E-state index >= 15 is 0 Å². The van der Waals surface area contributed by atoms with Crippen LogP contribution in [0.1, 0.15) is 29.8 Å². The number of benzene rings is 1. The van der Waals surface area contributed by atoms with Crippen LogP contribution in [0.3, 0.4) is 0 Å². The second-order valence-corrected chi connectivity index (χ2v) is 3.69. The van der Waals surface area contributed by atoms with E-state index in [1.54, 1.807) is 6.07 Å². The third-order valence-corrected chi connectivity index (χ3v) is 2.63. The molecule has 1 aromatic carbocycles. The van der Waals surface area contributed by atoms with Crippen molar-refractivity contribution in [2.75, 3.05) is 0 Å². The Bertz CT molecular complexity index is 512. The molecule has 16 heavy (non-hydrogen) atoms. The summed E-state index contributed by atoms with van der Waals surface area (Å²) in [7, 11) is 0. The SMILES string of the molecule is C[C@@H](c1ccccc1)c1cccc(C#N)n1. The molecule has 1 atom stereocenters. The quantitative estimate of drug-likeness (QED) is 0.760. The zero-order valence-corrected chi connectivity index (χ0v) is 9.09. The van der Waals surface area contributed by atoms with Crippen LogP contribution in [0.2, 0.25) is 0 Å². The summed E-state index contributed by atoms with van der Waals surface area (Å²) in [5, 5.41) is 8.80. The molecule has 2 aromatic rings. The van der Waals surface area contributed by atoms with E-state index in [1.165, 1.54) is 5.56 Å². The predicted octanol–water partition coefficient (Wildman–Crippen LogP) is 3.11. The fraction of sp³-hybridized carbons (Fsp3) is 0.143. The van der Waals surface area contributed by atoms with Crippen molar-refractivity contribution in [3.05, 3.63) is 65.5 Å². The Morgan fingerprint density at radius 1 is 1.06 bits per heavy atom. The van der Waals surface area contributed by atoms with E-state index < -0.39 is 0 Å². The molecule has 0 amide bonds. The van der Waals surface area contributed by atoms with Crippen molar-refractivity contribution in [3.8, 4) is 6.07 Å². The van der Waals surface area contributed by atoms with Crippen LogP contribution in [-0.2, 0) is 0 Å². The van der Waals surface area contributed by atoms with Gasteiger partial charge in [0.15, 0.2) is 0 Å². The minimum absolute atomic E-state index is 0.217. The van der Waals surface area contributed by atoms with Crippen molar-refractivity contribution in [2.45, 2.75) is 12.8 Å². The van der Waals surface area contributed by atoms with Crippen molar-refractivity contribution in [3.63, 3.8) is 0 Å². The molecule has 0 aliphatic rings. The van der Waals surface area contributed by atoms with Gasteiger partial charge in [0, 0.05) is 11.6 Å². The molecule has 1 heterocycles. The Balaban J connectivity index is 2.35. The first-order valence-corrected chi connectivity index (χ1v) is 5.23. The summed E-state index contributed by atoms with van der Waals surface area (Å²) < 4.78 is 0. The smallest absolute Gasteiger partial charge is 0.140 e. The second kappa shape index (κ2) is 4.59. The average molecular weight is 208 g/mol. The summed E-state index contributed by atoms with van der Waals surface area (Å²) in [6.07, 6.45) is 0. The number of nitriles is 1. The molecule has 78 valence electrons. The maximum Gasteiger partial charge on any atom is 0.140 e. The Morgan fingerprint density at radius 2 is 1.81 bits per heavy atom. The van der Waals surface area contributed by atoms with Crippen LogP contribution >= 0.6 is 0 Å². The van der Waals surface area contributed by atoms with E-state index in [9.17, 15) is 0 Å². The largest absolute Gasteiger partial charge is 0.242 e.